The summed E-state index contributed by atoms with van der Waals surface area (Å²) in [6, 6.07) is 6.97. The minimum absolute atomic E-state index is 0.808. The lowest BCUT2D eigenvalue weighted by Gasteiger charge is -2.15. The van der Waals surface area contributed by atoms with E-state index in [1.807, 2.05) is 6.07 Å². The van der Waals surface area contributed by atoms with Gasteiger partial charge in [0, 0.05) is 22.7 Å². The van der Waals surface area contributed by atoms with E-state index in [1.54, 1.807) is 0 Å². The Balaban J connectivity index is 2.04. The molecule has 0 atom stereocenters. The highest BCUT2D eigenvalue weighted by molar-refractivity contribution is 9.10. The van der Waals surface area contributed by atoms with E-state index in [2.05, 4.69) is 40.0 Å². The molecule has 1 aliphatic carbocycles. The molecule has 0 amide bonds. The maximum Gasteiger partial charge on any atom is 0.0458 e. The third kappa shape index (κ3) is 2.28. The average molecular weight is 255 g/mol. The van der Waals surface area contributed by atoms with E-state index >= 15 is 0 Å². The van der Waals surface area contributed by atoms with Crippen LogP contribution in [-0.4, -0.2) is 18.0 Å². The van der Waals surface area contributed by atoms with Crippen LogP contribution in [0.15, 0.2) is 22.7 Å². The molecule has 3 heteroatoms. The van der Waals surface area contributed by atoms with Gasteiger partial charge in [-0.2, -0.15) is 0 Å². The number of halogens is 1. The molecule has 0 heterocycles. The Labute approximate surface area is 93.2 Å². The van der Waals surface area contributed by atoms with Crippen molar-refractivity contribution in [2.24, 2.45) is 0 Å². The van der Waals surface area contributed by atoms with Crippen molar-refractivity contribution < 1.29 is 0 Å². The van der Waals surface area contributed by atoms with Crippen molar-refractivity contribution in [1.29, 1.82) is 0 Å². The lowest BCUT2D eigenvalue weighted by atomic mass is 10.2. The van der Waals surface area contributed by atoms with Crippen molar-refractivity contribution in [3.63, 3.8) is 0 Å². The van der Waals surface area contributed by atoms with Gasteiger partial charge in [-0.3, -0.25) is 4.90 Å². The Kier molecular flexibility index (Phi) is 2.79. The Morgan fingerprint density at radius 3 is 2.79 bits per heavy atom. The molecule has 2 nitrogen and oxygen atoms in total. The molecule has 0 radical (unpaired) electrons. The summed E-state index contributed by atoms with van der Waals surface area (Å²) in [5.74, 6) is 0. The number of hydrogen-bond donors (Lipinski definition) is 1. The number of nitrogens with zero attached hydrogens (tertiary/aromatic N) is 1. The monoisotopic (exact) mass is 254 g/mol. The number of nitrogen functional groups attached to an aromatic ring is 1. The van der Waals surface area contributed by atoms with Gasteiger partial charge in [0.1, 0.15) is 0 Å². The van der Waals surface area contributed by atoms with Gasteiger partial charge in [0.2, 0.25) is 0 Å². The molecule has 76 valence electrons. The standard InChI is InChI=1S/C11H15BrN2/c1-14(9-3-4-9)7-8-2-5-11(13)10(12)6-8/h2,5-6,9H,3-4,7,13H2,1H3. The Morgan fingerprint density at radius 2 is 2.21 bits per heavy atom. The molecule has 0 saturated heterocycles. The van der Waals surface area contributed by atoms with Crippen LogP contribution in [0.4, 0.5) is 5.69 Å². The van der Waals surface area contributed by atoms with Crippen molar-refractivity contribution in [2.45, 2.75) is 25.4 Å². The number of rotatable bonds is 3. The van der Waals surface area contributed by atoms with Gasteiger partial charge >= 0.3 is 0 Å². The predicted octanol–water partition coefficient (Wildman–Crippen LogP) is 2.63. The molecule has 0 spiro atoms. The van der Waals surface area contributed by atoms with Gasteiger partial charge in [-0.05, 0) is 53.5 Å². The molecule has 1 aromatic carbocycles. The van der Waals surface area contributed by atoms with E-state index < -0.39 is 0 Å². The second kappa shape index (κ2) is 3.91. The second-order valence-corrected chi connectivity index (χ2v) is 4.86. The summed E-state index contributed by atoms with van der Waals surface area (Å²) in [7, 11) is 2.18. The molecule has 14 heavy (non-hydrogen) atoms. The number of hydrogen-bond acceptors (Lipinski definition) is 2. The Bertz CT molecular complexity index is 334. The van der Waals surface area contributed by atoms with Crippen LogP contribution in [0.3, 0.4) is 0 Å². The van der Waals surface area contributed by atoms with Gasteiger partial charge in [-0.15, -0.1) is 0 Å². The summed E-state index contributed by atoms with van der Waals surface area (Å²) in [6.45, 7) is 1.02. The second-order valence-electron chi connectivity index (χ2n) is 4.00. The van der Waals surface area contributed by atoms with Crippen LogP contribution in [0.1, 0.15) is 18.4 Å². The van der Waals surface area contributed by atoms with Crippen molar-refractivity contribution in [3.8, 4) is 0 Å². The lowest BCUT2D eigenvalue weighted by molar-refractivity contribution is 0.316. The highest BCUT2D eigenvalue weighted by atomic mass is 79.9. The van der Waals surface area contributed by atoms with Gasteiger partial charge in [0.15, 0.2) is 0 Å². The van der Waals surface area contributed by atoms with Crippen molar-refractivity contribution in [1.82, 2.24) is 4.90 Å². The van der Waals surface area contributed by atoms with Crippen LogP contribution in [0, 0.1) is 0 Å². The van der Waals surface area contributed by atoms with Crippen molar-refractivity contribution in [3.05, 3.63) is 28.2 Å². The summed E-state index contributed by atoms with van der Waals surface area (Å²) in [5.41, 5.74) is 7.86. The number of benzene rings is 1. The van der Waals surface area contributed by atoms with E-state index in [9.17, 15) is 0 Å². The predicted molar refractivity (Wildman–Crippen MR) is 63.0 cm³/mol. The Morgan fingerprint density at radius 1 is 1.50 bits per heavy atom. The minimum Gasteiger partial charge on any atom is -0.398 e. The summed E-state index contributed by atoms with van der Waals surface area (Å²) in [5, 5.41) is 0. The fourth-order valence-corrected chi connectivity index (χ4v) is 2.03. The van der Waals surface area contributed by atoms with Crippen LogP contribution in [-0.2, 0) is 6.54 Å². The molecule has 0 aromatic heterocycles. The first kappa shape index (κ1) is 9.99. The molecule has 2 rings (SSSR count). The third-order valence-electron chi connectivity index (χ3n) is 2.67. The molecule has 2 N–H and O–H groups in total. The minimum atomic E-state index is 0.808. The molecular weight excluding hydrogens is 240 g/mol. The third-order valence-corrected chi connectivity index (χ3v) is 3.35. The fourth-order valence-electron chi connectivity index (χ4n) is 1.60. The maximum atomic E-state index is 5.73. The molecule has 0 bridgehead atoms. The van der Waals surface area contributed by atoms with Crippen LogP contribution in [0.2, 0.25) is 0 Å². The quantitative estimate of drug-likeness (QED) is 0.841. The zero-order valence-corrected chi connectivity index (χ0v) is 9.92. The maximum absolute atomic E-state index is 5.73. The van der Waals surface area contributed by atoms with Gasteiger partial charge in [-0.1, -0.05) is 6.07 Å². The largest absolute Gasteiger partial charge is 0.398 e. The van der Waals surface area contributed by atoms with Crippen LogP contribution in [0.5, 0.6) is 0 Å². The summed E-state index contributed by atoms with van der Waals surface area (Å²) < 4.78 is 0.999. The molecule has 0 aliphatic heterocycles. The molecule has 0 unspecified atom stereocenters. The zero-order chi connectivity index (χ0) is 10.1. The molecule has 1 fully saturated rings. The van der Waals surface area contributed by atoms with Crippen LogP contribution in [0.25, 0.3) is 0 Å². The average Bonchev–Trinajstić information content (AvgIpc) is 2.94. The van der Waals surface area contributed by atoms with E-state index in [4.69, 9.17) is 5.73 Å². The summed E-state index contributed by atoms with van der Waals surface area (Å²) in [6.07, 6.45) is 2.71. The van der Waals surface area contributed by atoms with E-state index in [0.29, 0.717) is 0 Å². The van der Waals surface area contributed by atoms with Gasteiger partial charge in [-0.25, -0.2) is 0 Å². The smallest absolute Gasteiger partial charge is 0.0458 e. The molecule has 1 aliphatic rings. The van der Waals surface area contributed by atoms with Crippen LogP contribution >= 0.6 is 15.9 Å². The van der Waals surface area contributed by atoms with Gasteiger partial charge in [0.25, 0.3) is 0 Å². The number of anilines is 1. The molecular formula is C11H15BrN2. The SMILES string of the molecule is CN(Cc1ccc(N)c(Br)c1)C1CC1. The topological polar surface area (TPSA) is 29.3 Å². The zero-order valence-electron chi connectivity index (χ0n) is 8.33. The molecule has 1 saturated carbocycles. The van der Waals surface area contributed by atoms with E-state index in [-0.39, 0.29) is 0 Å². The first-order chi connectivity index (χ1) is 6.66. The summed E-state index contributed by atoms with van der Waals surface area (Å²) >= 11 is 3.45. The van der Waals surface area contributed by atoms with E-state index in [1.165, 1.54) is 18.4 Å². The van der Waals surface area contributed by atoms with E-state index in [0.717, 1.165) is 22.7 Å². The Hall–Kier alpha value is -0.540. The van der Waals surface area contributed by atoms with Crippen molar-refractivity contribution >= 4 is 21.6 Å². The van der Waals surface area contributed by atoms with Gasteiger partial charge < -0.3 is 5.73 Å². The summed E-state index contributed by atoms with van der Waals surface area (Å²) in [4.78, 5) is 2.40. The first-order valence-electron chi connectivity index (χ1n) is 4.91. The van der Waals surface area contributed by atoms with Crippen LogP contribution < -0.4 is 5.73 Å². The lowest BCUT2D eigenvalue weighted by Crippen LogP contribution is -2.19. The first-order valence-corrected chi connectivity index (χ1v) is 5.70. The normalized spacial score (nSPS) is 16.2. The number of nitrogens with two attached hydrogens (primary N) is 1. The van der Waals surface area contributed by atoms with Crippen molar-refractivity contribution in [2.75, 3.05) is 12.8 Å². The highest BCUT2D eigenvalue weighted by Gasteiger charge is 2.25. The van der Waals surface area contributed by atoms with Gasteiger partial charge in [0.05, 0.1) is 0 Å². The fraction of sp³-hybridized carbons (Fsp3) is 0.455. The molecule has 1 aromatic rings. The highest BCUT2D eigenvalue weighted by Crippen LogP contribution is 2.28.